The third kappa shape index (κ3) is 2.46. The van der Waals surface area contributed by atoms with Gasteiger partial charge in [0.2, 0.25) is 0 Å². The van der Waals surface area contributed by atoms with Gasteiger partial charge in [0.25, 0.3) is 0 Å². The molecule has 0 amide bonds. The lowest BCUT2D eigenvalue weighted by atomic mass is 10.0. The molecule has 96 valence electrons. The van der Waals surface area contributed by atoms with E-state index in [2.05, 4.69) is 23.8 Å². The van der Waals surface area contributed by atoms with Crippen LogP contribution in [0.3, 0.4) is 0 Å². The molecule has 1 aliphatic heterocycles. The molecule has 1 unspecified atom stereocenters. The number of rotatable bonds is 4. The average Bonchev–Trinajstić information content (AvgIpc) is 2.88. The van der Waals surface area contributed by atoms with Crippen LogP contribution in [0.5, 0.6) is 0 Å². The molecule has 0 spiro atoms. The van der Waals surface area contributed by atoms with Crippen LogP contribution in [0.25, 0.3) is 0 Å². The lowest BCUT2D eigenvalue weighted by Crippen LogP contribution is -2.26. The fourth-order valence-electron chi connectivity index (χ4n) is 2.66. The largest absolute Gasteiger partial charge is 0.357 e. The SMILES string of the molecule is CCC(N)Cc1c(C)nn(C)c1N1CCCC1. The van der Waals surface area contributed by atoms with Crippen LogP contribution in [0.4, 0.5) is 5.82 Å². The van der Waals surface area contributed by atoms with Gasteiger partial charge in [-0.15, -0.1) is 0 Å². The first-order valence-electron chi connectivity index (χ1n) is 6.66. The monoisotopic (exact) mass is 236 g/mol. The Morgan fingerprint density at radius 1 is 1.35 bits per heavy atom. The zero-order valence-electron chi connectivity index (χ0n) is 11.2. The van der Waals surface area contributed by atoms with Gasteiger partial charge in [0.15, 0.2) is 0 Å². The fraction of sp³-hybridized carbons (Fsp3) is 0.769. The van der Waals surface area contributed by atoms with E-state index in [1.807, 2.05) is 11.7 Å². The zero-order chi connectivity index (χ0) is 12.4. The Morgan fingerprint density at radius 3 is 2.59 bits per heavy atom. The summed E-state index contributed by atoms with van der Waals surface area (Å²) in [5.41, 5.74) is 8.58. The second-order valence-corrected chi connectivity index (χ2v) is 5.08. The van der Waals surface area contributed by atoms with Crippen molar-refractivity contribution in [1.29, 1.82) is 0 Å². The molecular formula is C13H24N4. The van der Waals surface area contributed by atoms with Crippen LogP contribution in [0, 0.1) is 6.92 Å². The summed E-state index contributed by atoms with van der Waals surface area (Å²) < 4.78 is 2.03. The van der Waals surface area contributed by atoms with Gasteiger partial charge in [-0.1, -0.05) is 6.92 Å². The van der Waals surface area contributed by atoms with Crippen LogP contribution in [0.1, 0.15) is 37.4 Å². The van der Waals surface area contributed by atoms with Crippen molar-refractivity contribution >= 4 is 5.82 Å². The van der Waals surface area contributed by atoms with Crippen LogP contribution < -0.4 is 10.6 Å². The van der Waals surface area contributed by atoms with Gasteiger partial charge in [0, 0.05) is 31.7 Å². The van der Waals surface area contributed by atoms with E-state index in [0.717, 1.165) is 31.6 Å². The number of hydrogen-bond donors (Lipinski definition) is 1. The van der Waals surface area contributed by atoms with Crippen LogP contribution >= 0.6 is 0 Å². The molecule has 1 aromatic heterocycles. The van der Waals surface area contributed by atoms with Crippen LogP contribution in [-0.2, 0) is 13.5 Å². The fourth-order valence-corrected chi connectivity index (χ4v) is 2.66. The molecule has 0 saturated carbocycles. The van der Waals surface area contributed by atoms with Gasteiger partial charge in [0.1, 0.15) is 5.82 Å². The minimum Gasteiger partial charge on any atom is -0.357 e. The molecule has 1 saturated heterocycles. The zero-order valence-corrected chi connectivity index (χ0v) is 11.2. The van der Waals surface area contributed by atoms with Gasteiger partial charge in [-0.2, -0.15) is 5.10 Å². The van der Waals surface area contributed by atoms with Crippen molar-refractivity contribution in [3.8, 4) is 0 Å². The average molecular weight is 236 g/mol. The summed E-state index contributed by atoms with van der Waals surface area (Å²) >= 11 is 0. The third-order valence-corrected chi connectivity index (χ3v) is 3.71. The molecule has 0 aliphatic carbocycles. The van der Waals surface area contributed by atoms with Gasteiger partial charge >= 0.3 is 0 Å². The summed E-state index contributed by atoms with van der Waals surface area (Å²) in [7, 11) is 2.04. The quantitative estimate of drug-likeness (QED) is 0.864. The summed E-state index contributed by atoms with van der Waals surface area (Å²) in [6.07, 6.45) is 4.56. The van der Waals surface area contributed by atoms with Crippen molar-refractivity contribution in [3.05, 3.63) is 11.3 Å². The summed E-state index contributed by atoms with van der Waals surface area (Å²) in [5.74, 6) is 1.30. The normalized spacial score (nSPS) is 17.8. The molecule has 0 bridgehead atoms. The van der Waals surface area contributed by atoms with Gasteiger partial charge < -0.3 is 10.6 Å². The molecule has 1 atom stereocenters. The third-order valence-electron chi connectivity index (χ3n) is 3.71. The van der Waals surface area contributed by atoms with Crippen molar-refractivity contribution in [2.45, 2.75) is 45.6 Å². The molecular weight excluding hydrogens is 212 g/mol. The summed E-state index contributed by atoms with van der Waals surface area (Å²) in [6, 6.07) is 0.249. The predicted molar refractivity (Wildman–Crippen MR) is 71.4 cm³/mol. The number of nitrogens with two attached hydrogens (primary N) is 1. The maximum absolute atomic E-state index is 6.10. The smallest absolute Gasteiger partial charge is 0.130 e. The molecule has 4 heteroatoms. The molecule has 17 heavy (non-hydrogen) atoms. The Labute approximate surface area is 104 Å². The molecule has 2 rings (SSSR count). The topological polar surface area (TPSA) is 47.1 Å². The van der Waals surface area contributed by atoms with E-state index < -0.39 is 0 Å². The molecule has 0 aromatic carbocycles. The van der Waals surface area contributed by atoms with E-state index in [1.165, 1.54) is 24.2 Å². The van der Waals surface area contributed by atoms with Gasteiger partial charge in [-0.3, -0.25) is 4.68 Å². The number of nitrogens with zero attached hydrogens (tertiary/aromatic N) is 3. The Hall–Kier alpha value is -1.03. The highest BCUT2D eigenvalue weighted by atomic mass is 15.4. The minimum absolute atomic E-state index is 0.249. The van der Waals surface area contributed by atoms with Gasteiger partial charge in [0.05, 0.1) is 5.69 Å². The van der Waals surface area contributed by atoms with E-state index in [0.29, 0.717) is 0 Å². The highest BCUT2D eigenvalue weighted by Crippen LogP contribution is 2.27. The minimum atomic E-state index is 0.249. The Bertz CT molecular complexity index is 377. The molecule has 4 nitrogen and oxygen atoms in total. The lowest BCUT2D eigenvalue weighted by molar-refractivity contribution is 0.642. The van der Waals surface area contributed by atoms with E-state index in [1.54, 1.807) is 0 Å². The van der Waals surface area contributed by atoms with E-state index in [9.17, 15) is 0 Å². The second-order valence-electron chi connectivity index (χ2n) is 5.08. The standard InChI is InChI=1S/C13H24N4/c1-4-11(14)9-12-10(2)15-16(3)13(12)17-7-5-6-8-17/h11H,4-9,14H2,1-3H3. The van der Waals surface area contributed by atoms with Crippen molar-refractivity contribution in [3.63, 3.8) is 0 Å². The number of hydrogen-bond acceptors (Lipinski definition) is 3. The molecule has 1 fully saturated rings. The van der Waals surface area contributed by atoms with Crippen LogP contribution in [0.2, 0.25) is 0 Å². The first-order valence-corrected chi connectivity index (χ1v) is 6.66. The second kappa shape index (κ2) is 5.08. The van der Waals surface area contributed by atoms with Gasteiger partial charge in [-0.05, 0) is 32.6 Å². The van der Waals surface area contributed by atoms with Crippen molar-refractivity contribution in [2.75, 3.05) is 18.0 Å². The highest BCUT2D eigenvalue weighted by molar-refractivity contribution is 5.51. The first-order chi connectivity index (χ1) is 8.13. The number of aryl methyl sites for hydroxylation is 2. The maximum Gasteiger partial charge on any atom is 0.130 e. The highest BCUT2D eigenvalue weighted by Gasteiger charge is 2.22. The van der Waals surface area contributed by atoms with Crippen LogP contribution in [0.15, 0.2) is 0 Å². The van der Waals surface area contributed by atoms with Crippen molar-refractivity contribution < 1.29 is 0 Å². The molecule has 0 radical (unpaired) electrons. The summed E-state index contributed by atoms with van der Waals surface area (Å²) in [5, 5.41) is 4.56. The molecule has 1 aliphatic rings. The number of anilines is 1. The molecule has 1 aromatic rings. The van der Waals surface area contributed by atoms with Crippen molar-refractivity contribution in [2.24, 2.45) is 12.8 Å². The molecule has 2 N–H and O–H groups in total. The van der Waals surface area contributed by atoms with E-state index >= 15 is 0 Å². The molecule has 2 heterocycles. The van der Waals surface area contributed by atoms with Gasteiger partial charge in [-0.25, -0.2) is 0 Å². The van der Waals surface area contributed by atoms with E-state index in [4.69, 9.17) is 5.73 Å². The Kier molecular flexibility index (Phi) is 3.72. The van der Waals surface area contributed by atoms with Crippen LogP contribution in [-0.4, -0.2) is 28.9 Å². The van der Waals surface area contributed by atoms with Crippen molar-refractivity contribution in [1.82, 2.24) is 9.78 Å². The Morgan fingerprint density at radius 2 is 2.00 bits per heavy atom. The van der Waals surface area contributed by atoms with E-state index in [-0.39, 0.29) is 6.04 Å². The predicted octanol–water partition coefficient (Wildman–Crippen LogP) is 1.61. The Balaban J connectivity index is 2.28. The maximum atomic E-state index is 6.10. The number of aromatic nitrogens is 2. The summed E-state index contributed by atoms with van der Waals surface area (Å²) in [4.78, 5) is 2.46. The summed E-state index contributed by atoms with van der Waals surface area (Å²) in [6.45, 7) is 6.56. The lowest BCUT2D eigenvalue weighted by Gasteiger charge is -2.20. The first kappa shape index (κ1) is 12.4.